The van der Waals surface area contributed by atoms with E-state index in [1.165, 1.54) is 12.1 Å². The van der Waals surface area contributed by atoms with E-state index < -0.39 is 10.0 Å². The van der Waals surface area contributed by atoms with E-state index in [-0.39, 0.29) is 21.9 Å². The molecule has 5 nitrogen and oxygen atoms in total. The number of nitrogens with two attached hydrogens (primary N) is 1. The molecule has 100 valence electrons. The highest BCUT2D eigenvalue weighted by atomic mass is 32.2. The predicted molar refractivity (Wildman–Crippen MR) is 70.5 cm³/mol. The fraction of sp³-hybridized carbons (Fsp3) is 0.417. The van der Waals surface area contributed by atoms with Crippen molar-refractivity contribution in [2.24, 2.45) is 10.6 Å². The minimum Gasteiger partial charge on any atom is -0.325 e. The number of amides is 1. The molecule has 0 aliphatic rings. The Bertz CT molecular complexity index is 545. The maximum Gasteiger partial charge on any atom is 0.240 e. The highest BCUT2D eigenvalue weighted by Gasteiger charge is 2.19. The number of carbonyl (C=O) groups excluding carboxylic acids is 1. The van der Waals surface area contributed by atoms with Gasteiger partial charge in [0.25, 0.3) is 0 Å². The summed E-state index contributed by atoms with van der Waals surface area (Å²) in [5.74, 6) is -0.237. The highest BCUT2D eigenvalue weighted by Crippen LogP contribution is 2.22. The quantitative estimate of drug-likeness (QED) is 0.876. The molecule has 3 N–H and O–H groups in total. The normalized spacial score (nSPS) is 12.2. The van der Waals surface area contributed by atoms with Crippen LogP contribution in [0.15, 0.2) is 29.2 Å². The second-order valence-electron chi connectivity index (χ2n) is 5.33. The van der Waals surface area contributed by atoms with Gasteiger partial charge in [-0.2, -0.15) is 0 Å². The monoisotopic (exact) mass is 270 g/mol. The first-order chi connectivity index (χ1) is 8.09. The molecule has 0 aliphatic carbocycles. The molecule has 0 spiro atoms. The maximum absolute atomic E-state index is 11.8. The van der Waals surface area contributed by atoms with Crippen LogP contribution in [0.2, 0.25) is 0 Å². The summed E-state index contributed by atoms with van der Waals surface area (Å²) in [6.07, 6.45) is 0.298. The number of hydrogen-bond donors (Lipinski definition) is 2. The van der Waals surface area contributed by atoms with Gasteiger partial charge in [0.2, 0.25) is 15.9 Å². The van der Waals surface area contributed by atoms with Crippen LogP contribution in [0.25, 0.3) is 0 Å². The maximum atomic E-state index is 11.8. The molecule has 0 radical (unpaired) electrons. The third-order valence-electron chi connectivity index (χ3n) is 2.16. The number of anilines is 1. The summed E-state index contributed by atoms with van der Waals surface area (Å²) in [5.41, 5.74) is 0.0508. The number of primary sulfonamides is 1. The Morgan fingerprint density at radius 1 is 1.28 bits per heavy atom. The summed E-state index contributed by atoms with van der Waals surface area (Å²) in [5, 5.41) is 7.66. The van der Waals surface area contributed by atoms with Crippen LogP contribution in [-0.2, 0) is 14.8 Å². The van der Waals surface area contributed by atoms with Crippen molar-refractivity contribution < 1.29 is 13.2 Å². The fourth-order valence-corrected chi connectivity index (χ4v) is 2.19. The second kappa shape index (κ2) is 5.07. The van der Waals surface area contributed by atoms with Gasteiger partial charge in [-0.3, -0.25) is 4.79 Å². The van der Waals surface area contributed by atoms with E-state index in [0.29, 0.717) is 6.42 Å². The number of hydrogen-bond acceptors (Lipinski definition) is 3. The average molecular weight is 270 g/mol. The minimum atomic E-state index is -3.84. The SMILES string of the molecule is CC(C)(C)CC(=O)Nc1ccccc1S(N)(=O)=O. The number of para-hydroxylation sites is 1. The molecule has 0 aromatic heterocycles. The number of rotatable bonds is 3. The Kier molecular flexibility index (Phi) is 4.13. The van der Waals surface area contributed by atoms with Gasteiger partial charge >= 0.3 is 0 Å². The number of nitrogens with one attached hydrogen (secondary N) is 1. The Hall–Kier alpha value is -1.40. The van der Waals surface area contributed by atoms with E-state index in [2.05, 4.69) is 5.32 Å². The van der Waals surface area contributed by atoms with Gasteiger partial charge in [0, 0.05) is 6.42 Å². The van der Waals surface area contributed by atoms with Crippen LogP contribution in [0, 0.1) is 5.41 Å². The van der Waals surface area contributed by atoms with Gasteiger partial charge in [0.05, 0.1) is 5.69 Å². The zero-order chi connectivity index (χ0) is 14.0. The third kappa shape index (κ3) is 4.46. The van der Waals surface area contributed by atoms with E-state index >= 15 is 0 Å². The van der Waals surface area contributed by atoms with Crippen molar-refractivity contribution in [3.05, 3.63) is 24.3 Å². The summed E-state index contributed by atoms with van der Waals surface area (Å²) in [7, 11) is -3.84. The smallest absolute Gasteiger partial charge is 0.240 e. The van der Waals surface area contributed by atoms with E-state index in [4.69, 9.17) is 5.14 Å². The number of benzene rings is 1. The molecule has 1 aromatic carbocycles. The van der Waals surface area contributed by atoms with Gasteiger partial charge in [0.15, 0.2) is 0 Å². The Morgan fingerprint density at radius 2 is 1.83 bits per heavy atom. The number of carbonyl (C=O) groups is 1. The molecule has 0 aliphatic heterocycles. The number of sulfonamides is 1. The highest BCUT2D eigenvalue weighted by molar-refractivity contribution is 7.89. The third-order valence-corrected chi connectivity index (χ3v) is 3.13. The molecule has 1 amide bonds. The topological polar surface area (TPSA) is 89.3 Å². The molecule has 0 saturated carbocycles. The van der Waals surface area contributed by atoms with Gasteiger partial charge in [-0.15, -0.1) is 0 Å². The molecule has 1 rings (SSSR count). The van der Waals surface area contributed by atoms with Crippen LogP contribution in [0.5, 0.6) is 0 Å². The molecule has 0 atom stereocenters. The van der Waals surface area contributed by atoms with Crippen molar-refractivity contribution in [2.45, 2.75) is 32.1 Å². The lowest BCUT2D eigenvalue weighted by Gasteiger charge is -2.18. The minimum absolute atomic E-state index is 0.0766. The molecule has 0 bridgehead atoms. The Balaban J connectivity index is 2.96. The standard InChI is InChI=1S/C12H18N2O3S/c1-12(2,3)8-11(15)14-9-6-4-5-7-10(9)18(13,16)17/h4-7H,8H2,1-3H3,(H,14,15)(H2,13,16,17). The summed E-state index contributed by atoms with van der Waals surface area (Å²) < 4.78 is 22.7. The molecule has 1 aromatic rings. The lowest BCUT2D eigenvalue weighted by molar-refractivity contribution is -0.117. The van der Waals surface area contributed by atoms with Crippen molar-refractivity contribution >= 4 is 21.6 Å². The van der Waals surface area contributed by atoms with Gasteiger partial charge in [-0.1, -0.05) is 32.9 Å². The van der Waals surface area contributed by atoms with Crippen molar-refractivity contribution in [1.29, 1.82) is 0 Å². The molecule has 6 heteroatoms. The van der Waals surface area contributed by atoms with Crippen LogP contribution in [0.1, 0.15) is 27.2 Å². The van der Waals surface area contributed by atoms with E-state index in [1.807, 2.05) is 20.8 Å². The van der Waals surface area contributed by atoms with E-state index in [1.54, 1.807) is 12.1 Å². The van der Waals surface area contributed by atoms with Crippen LogP contribution in [0.4, 0.5) is 5.69 Å². The summed E-state index contributed by atoms with van der Waals surface area (Å²) in [6, 6.07) is 6.07. The molecule has 0 heterocycles. The second-order valence-corrected chi connectivity index (χ2v) is 6.86. The molecular weight excluding hydrogens is 252 g/mol. The van der Waals surface area contributed by atoms with Crippen LogP contribution < -0.4 is 10.5 Å². The first kappa shape index (κ1) is 14.7. The first-order valence-electron chi connectivity index (χ1n) is 5.51. The Labute approximate surface area is 107 Å². The van der Waals surface area contributed by atoms with Crippen molar-refractivity contribution in [3.8, 4) is 0 Å². The van der Waals surface area contributed by atoms with Crippen molar-refractivity contribution in [2.75, 3.05) is 5.32 Å². The molecule has 0 fully saturated rings. The fourth-order valence-electron chi connectivity index (χ4n) is 1.49. The van der Waals surface area contributed by atoms with Gasteiger partial charge < -0.3 is 5.32 Å². The molecule has 0 saturated heterocycles. The summed E-state index contributed by atoms with van der Waals surface area (Å²) >= 11 is 0. The lowest BCUT2D eigenvalue weighted by Crippen LogP contribution is -2.22. The zero-order valence-corrected chi connectivity index (χ0v) is 11.5. The first-order valence-corrected chi connectivity index (χ1v) is 7.06. The summed E-state index contributed by atoms with van der Waals surface area (Å²) in [6.45, 7) is 5.79. The van der Waals surface area contributed by atoms with Crippen molar-refractivity contribution in [1.82, 2.24) is 0 Å². The Morgan fingerprint density at radius 3 is 2.33 bits per heavy atom. The molecule has 18 heavy (non-hydrogen) atoms. The average Bonchev–Trinajstić information content (AvgIpc) is 2.13. The van der Waals surface area contributed by atoms with Crippen LogP contribution >= 0.6 is 0 Å². The van der Waals surface area contributed by atoms with Gasteiger partial charge in [-0.05, 0) is 17.5 Å². The zero-order valence-electron chi connectivity index (χ0n) is 10.7. The van der Waals surface area contributed by atoms with Gasteiger partial charge in [-0.25, -0.2) is 13.6 Å². The van der Waals surface area contributed by atoms with E-state index in [0.717, 1.165) is 0 Å². The van der Waals surface area contributed by atoms with Crippen LogP contribution in [-0.4, -0.2) is 14.3 Å². The predicted octanol–water partition coefficient (Wildman–Crippen LogP) is 1.71. The largest absolute Gasteiger partial charge is 0.325 e. The molecule has 0 unspecified atom stereocenters. The lowest BCUT2D eigenvalue weighted by atomic mass is 9.92. The van der Waals surface area contributed by atoms with Crippen LogP contribution in [0.3, 0.4) is 0 Å². The van der Waals surface area contributed by atoms with Gasteiger partial charge in [0.1, 0.15) is 4.90 Å². The summed E-state index contributed by atoms with van der Waals surface area (Å²) in [4.78, 5) is 11.7. The molecular formula is C12H18N2O3S. The van der Waals surface area contributed by atoms with E-state index in [9.17, 15) is 13.2 Å². The van der Waals surface area contributed by atoms with Crippen molar-refractivity contribution in [3.63, 3.8) is 0 Å².